The van der Waals surface area contributed by atoms with Crippen LogP contribution in [-0.4, -0.2) is 29.5 Å². The summed E-state index contributed by atoms with van der Waals surface area (Å²) < 4.78 is 37.7. The highest BCUT2D eigenvalue weighted by Gasteiger charge is 2.24. The van der Waals surface area contributed by atoms with E-state index in [4.69, 9.17) is 5.11 Å². The minimum Gasteiger partial charge on any atom is -0.480 e. The molecule has 20 heavy (non-hydrogen) atoms. The van der Waals surface area contributed by atoms with E-state index in [0.717, 1.165) is 6.07 Å². The molecule has 0 aliphatic heterocycles. The molecule has 0 aromatic heterocycles. The molecule has 0 aliphatic rings. The van der Waals surface area contributed by atoms with E-state index in [9.17, 15) is 22.8 Å². The molecule has 1 amide bonds. The average molecular weight is 354 g/mol. The Morgan fingerprint density at radius 2 is 2.00 bits per heavy atom. The molecule has 4 nitrogen and oxygen atoms in total. The van der Waals surface area contributed by atoms with Gasteiger partial charge in [-0.1, -0.05) is 6.07 Å². The number of carbonyl (C=O) groups is 2. The number of amides is 1. The third-order valence-electron chi connectivity index (χ3n) is 2.40. The molecule has 0 aliphatic carbocycles. The van der Waals surface area contributed by atoms with E-state index >= 15 is 0 Å². The number of carboxylic acid groups (broad SMARTS) is 1. The molecule has 110 valence electrons. The molecule has 1 aromatic carbocycles. The average Bonchev–Trinajstić information content (AvgIpc) is 2.32. The van der Waals surface area contributed by atoms with E-state index in [0.29, 0.717) is 5.56 Å². The van der Waals surface area contributed by atoms with Crippen molar-refractivity contribution < 1.29 is 27.9 Å². The minimum absolute atomic E-state index is 0.225. The Morgan fingerprint density at radius 3 is 2.50 bits per heavy atom. The van der Waals surface area contributed by atoms with Gasteiger partial charge in [0, 0.05) is 6.42 Å². The predicted octanol–water partition coefficient (Wildman–Crippen LogP) is 2.36. The van der Waals surface area contributed by atoms with Crippen molar-refractivity contribution in [3.63, 3.8) is 0 Å². The lowest BCUT2D eigenvalue weighted by Crippen LogP contribution is -2.42. The van der Waals surface area contributed by atoms with Gasteiger partial charge in [0.2, 0.25) is 12.3 Å². The van der Waals surface area contributed by atoms with Gasteiger partial charge in [-0.15, -0.1) is 0 Å². The fourth-order valence-corrected chi connectivity index (χ4v) is 1.73. The highest BCUT2D eigenvalue weighted by molar-refractivity contribution is 9.10. The Kier molecular flexibility index (Phi) is 6.00. The van der Waals surface area contributed by atoms with Crippen molar-refractivity contribution in [3.8, 4) is 0 Å². The lowest BCUT2D eigenvalue weighted by Gasteiger charge is -2.14. The summed E-state index contributed by atoms with van der Waals surface area (Å²) >= 11 is 2.95. The third-order valence-corrected chi connectivity index (χ3v) is 3.04. The van der Waals surface area contributed by atoms with Crippen molar-refractivity contribution in [1.29, 1.82) is 0 Å². The SMILES string of the molecule is O=C(Cc1ccc(Br)c(F)c1)NC(CC(F)F)C(=O)O. The summed E-state index contributed by atoms with van der Waals surface area (Å²) in [6, 6.07) is 2.30. The lowest BCUT2D eigenvalue weighted by molar-refractivity contribution is -0.142. The summed E-state index contributed by atoms with van der Waals surface area (Å²) in [6.45, 7) is 0. The van der Waals surface area contributed by atoms with Crippen molar-refractivity contribution in [3.05, 3.63) is 34.1 Å². The zero-order chi connectivity index (χ0) is 15.3. The van der Waals surface area contributed by atoms with Gasteiger partial charge in [0.15, 0.2) is 0 Å². The number of hydrogen-bond donors (Lipinski definition) is 2. The topological polar surface area (TPSA) is 66.4 Å². The minimum atomic E-state index is -2.85. The smallest absolute Gasteiger partial charge is 0.326 e. The van der Waals surface area contributed by atoms with Crippen molar-refractivity contribution in [2.75, 3.05) is 0 Å². The van der Waals surface area contributed by atoms with Crippen molar-refractivity contribution >= 4 is 27.8 Å². The fourth-order valence-electron chi connectivity index (χ4n) is 1.48. The van der Waals surface area contributed by atoms with E-state index in [-0.39, 0.29) is 10.9 Å². The zero-order valence-electron chi connectivity index (χ0n) is 10.1. The van der Waals surface area contributed by atoms with Gasteiger partial charge in [-0.3, -0.25) is 4.79 Å². The number of carboxylic acids is 1. The maximum Gasteiger partial charge on any atom is 0.326 e. The van der Waals surface area contributed by atoms with Crippen molar-refractivity contribution in [2.24, 2.45) is 0 Å². The van der Waals surface area contributed by atoms with Crippen LogP contribution in [0.5, 0.6) is 0 Å². The second-order valence-electron chi connectivity index (χ2n) is 4.01. The number of aliphatic carboxylic acids is 1. The molecule has 1 aromatic rings. The standard InChI is InChI=1S/C12H11BrF3NO3/c13-7-2-1-6(3-8(7)14)4-11(18)17-9(12(19)20)5-10(15)16/h1-3,9-10H,4-5H2,(H,17,18)(H,19,20). The van der Waals surface area contributed by atoms with Crippen LogP contribution in [0.2, 0.25) is 0 Å². The Hall–Kier alpha value is -1.57. The zero-order valence-corrected chi connectivity index (χ0v) is 11.7. The summed E-state index contributed by atoms with van der Waals surface area (Å²) in [7, 11) is 0. The van der Waals surface area contributed by atoms with Gasteiger partial charge in [-0.25, -0.2) is 18.0 Å². The van der Waals surface area contributed by atoms with Crippen LogP contribution in [0.1, 0.15) is 12.0 Å². The number of nitrogens with one attached hydrogen (secondary N) is 1. The highest BCUT2D eigenvalue weighted by atomic mass is 79.9. The molecule has 1 atom stereocenters. The van der Waals surface area contributed by atoms with Gasteiger partial charge >= 0.3 is 5.97 Å². The van der Waals surface area contributed by atoms with Gasteiger partial charge in [-0.2, -0.15) is 0 Å². The van der Waals surface area contributed by atoms with Crippen LogP contribution < -0.4 is 5.32 Å². The molecular weight excluding hydrogens is 343 g/mol. The van der Waals surface area contributed by atoms with Gasteiger partial charge in [-0.05, 0) is 33.6 Å². The second-order valence-corrected chi connectivity index (χ2v) is 4.86. The molecule has 1 rings (SSSR count). The molecule has 0 saturated heterocycles. The first-order valence-electron chi connectivity index (χ1n) is 5.54. The number of alkyl halides is 2. The maximum absolute atomic E-state index is 13.2. The largest absolute Gasteiger partial charge is 0.480 e. The number of benzene rings is 1. The van der Waals surface area contributed by atoms with E-state index in [1.807, 2.05) is 5.32 Å². The van der Waals surface area contributed by atoms with Crippen molar-refractivity contribution in [1.82, 2.24) is 5.32 Å². The van der Waals surface area contributed by atoms with E-state index in [1.165, 1.54) is 12.1 Å². The number of hydrogen-bond acceptors (Lipinski definition) is 2. The normalized spacial score (nSPS) is 12.2. The molecule has 0 heterocycles. The molecule has 0 saturated carbocycles. The fraction of sp³-hybridized carbons (Fsp3) is 0.333. The molecular formula is C12H11BrF3NO3. The maximum atomic E-state index is 13.2. The van der Waals surface area contributed by atoms with Gasteiger partial charge in [0.05, 0.1) is 10.9 Å². The summed E-state index contributed by atoms with van der Waals surface area (Å²) in [4.78, 5) is 22.3. The molecule has 0 radical (unpaired) electrons. The van der Waals surface area contributed by atoms with E-state index in [1.54, 1.807) is 0 Å². The molecule has 0 fully saturated rings. The van der Waals surface area contributed by atoms with Gasteiger partial charge in [0.25, 0.3) is 0 Å². The lowest BCUT2D eigenvalue weighted by atomic mass is 10.1. The van der Waals surface area contributed by atoms with Crippen molar-refractivity contribution in [2.45, 2.75) is 25.3 Å². The first-order valence-corrected chi connectivity index (χ1v) is 6.33. The van der Waals surface area contributed by atoms with E-state index < -0.39 is 36.6 Å². The number of halogens is 4. The van der Waals surface area contributed by atoms with Crippen LogP contribution in [0.15, 0.2) is 22.7 Å². The van der Waals surface area contributed by atoms with Crippen LogP contribution in [0, 0.1) is 5.82 Å². The number of carbonyl (C=O) groups excluding carboxylic acids is 1. The quantitative estimate of drug-likeness (QED) is 0.824. The summed E-state index contributed by atoms with van der Waals surface area (Å²) in [6.07, 6.45) is -4.12. The Morgan fingerprint density at radius 1 is 1.35 bits per heavy atom. The van der Waals surface area contributed by atoms with Crippen LogP contribution in [0.25, 0.3) is 0 Å². The van der Waals surface area contributed by atoms with E-state index in [2.05, 4.69) is 15.9 Å². The Labute approximate surface area is 121 Å². The molecule has 0 spiro atoms. The Balaban J connectivity index is 2.65. The van der Waals surface area contributed by atoms with Crippen LogP contribution in [-0.2, 0) is 16.0 Å². The second kappa shape index (κ2) is 7.28. The summed E-state index contributed by atoms with van der Waals surface area (Å²) in [5.74, 6) is -2.88. The molecule has 1 unspecified atom stereocenters. The number of rotatable bonds is 6. The predicted molar refractivity (Wildman–Crippen MR) is 68.0 cm³/mol. The molecule has 2 N–H and O–H groups in total. The molecule has 0 bridgehead atoms. The van der Waals surface area contributed by atoms with Crippen LogP contribution in [0.4, 0.5) is 13.2 Å². The first kappa shape index (κ1) is 16.5. The van der Waals surface area contributed by atoms with Gasteiger partial charge in [0.1, 0.15) is 11.9 Å². The Bertz CT molecular complexity index is 511. The molecule has 8 heteroatoms. The highest BCUT2D eigenvalue weighted by Crippen LogP contribution is 2.16. The van der Waals surface area contributed by atoms with Crippen LogP contribution >= 0.6 is 15.9 Å². The first-order chi connectivity index (χ1) is 9.29. The monoisotopic (exact) mass is 353 g/mol. The summed E-state index contributed by atoms with van der Waals surface area (Å²) in [5, 5.41) is 10.7. The third kappa shape index (κ3) is 5.20. The van der Waals surface area contributed by atoms with Crippen LogP contribution in [0.3, 0.4) is 0 Å². The summed E-state index contributed by atoms with van der Waals surface area (Å²) in [5.41, 5.74) is 0.310. The van der Waals surface area contributed by atoms with Gasteiger partial charge < -0.3 is 10.4 Å².